The van der Waals surface area contributed by atoms with Crippen molar-refractivity contribution in [1.82, 2.24) is 0 Å². The summed E-state index contributed by atoms with van der Waals surface area (Å²) in [6.45, 7) is 1.46. The molecule has 21 heavy (non-hydrogen) atoms. The van der Waals surface area contributed by atoms with E-state index in [-0.39, 0.29) is 6.61 Å². The molecule has 0 spiro atoms. The van der Waals surface area contributed by atoms with Gasteiger partial charge in [0.2, 0.25) is 0 Å². The number of nitrogens with zero attached hydrogens (tertiary/aromatic N) is 1. The zero-order chi connectivity index (χ0) is 15.2. The Morgan fingerprint density at radius 2 is 2.00 bits per heavy atom. The van der Waals surface area contributed by atoms with Gasteiger partial charge in [0.05, 0.1) is 11.6 Å². The topological polar surface area (TPSA) is 79.2 Å². The van der Waals surface area contributed by atoms with Crippen LogP contribution in [-0.4, -0.2) is 18.5 Å². The molecule has 0 aliphatic heterocycles. The molecule has 0 bridgehead atoms. The number of amides is 1. The van der Waals surface area contributed by atoms with Gasteiger partial charge in [0, 0.05) is 5.69 Å². The maximum Gasteiger partial charge on any atom is 0.349 e. The number of thiophene rings is 1. The lowest BCUT2D eigenvalue weighted by Gasteiger charge is -2.06. The van der Waals surface area contributed by atoms with Crippen molar-refractivity contribution >= 4 is 28.9 Å². The minimum absolute atomic E-state index is 0.351. The third-order valence-electron chi connectivity index (χ3n) is 2.68. The van der Waals surface area contributed by atoms with E-state index in [2.05, 4.69) is 5.32 Å². The molecule has 5 nitrogen and oxygen atoms in total. The molecule has 1 heterocycles. The number of rotatable bonds is 4. The van der Waals surface area contributed by atoms with Gasteiger partial charge in [0.1, 0.15) is 4.88 Å². The Balaban J connectivity index is 1.86. The van der Waals surface area contributed by atoms with Gasteiger partial charge in [-0.3, -0.25) is 4.79 Å². The molecular weight excluding hydrogens is 288 g/mol. The molecule has 0 fully saturated rings. The van der Waals surface area contributed by atoms with Crippen LogP contribution in [-0.2, 0) is 9.53 Å². The summed E-state index contributed by atoms with van der Waals surface area (Å²) in [7, 11) is 0. The van der Waals surface area contributed by atoms with Crippen molar-refractivity contribution in [2.75, 3.05) is 11.9 Å². The molecule has 0 unspecified atom stereocenters. The standard InChI is InChI=1S/C15H12N2O3S/c1-10-6-7-21-14(10)15(19)20-9-13(18)17-12-4-2-11(8-16)3-5-12/h2-7H,9H2,1H3,(H,17,18). The molecule has 0 atom stereocenters. The van der Waals surface area contributed by atoms with Crippen molar-refractivity contribution in [1.29, 1.82) is 5.26 Å². The van der Waals surface area contributed by atoms with E-state index in [9.17, 15) is 9.59 Å². The predicted molar refractivity (Wildman–Crippen MR) is 79.1 cm³/mol. The van der Waals surface area contributed by atoms with Crippen LogP contribution in [0.5, 0.6) is 0 Å². The van der Waals surface area contributed by atoms with E-state index in [1.165, 1.54) is 11.3 Å². The number of nitriles is 1. The van der Waals surface area contributed by atoms with Crippen LogP contribution in [0, 0.1) is 18.3 Å². The molecule has 6 heteroatoms. The molecule has 2 aromatic rings. The number of aryl methyl sites for hydroxylation is 1. The number of hydrogen-bond donors (Lipinski definition) is 1. The number of hydrogen-bond acceptors (Lipinski definition) is 5. The Kier molecular flexibility index (Phi) is 4.69. The van der Waals surface area contributed by atoms with Crippen LogP contribution in [0.3, 0.4) is 0 Å². The highest BCUT2D eigenvalue weighted by molar-refractivity contribution is 7.12. The smallest absolute Gasteiger partial charge is 0.349 e. The fourth-order valence-corrected chi connectivity index (χ4v) is 2.42. The number of nitrogens with one attached hydrogen (secondary N) is 1. The van der Waals surface area contributed by atoms with Crippen LogP contribution in [0.25, 0.3) is 0 Å². The summed E-state index contributed by atoms with van der Waals surface area (Å²) >= 11 is 1.28. The van der Waals surface area contributed by atoms with Gasteiger partial charge in [0.25, 0.3) is 5.91 Å². The highest BCUT2D eigenvalue weighted by Gasteiger charge is 2.13. The summed E-state index contributed by atoms with van der Waals surface area (Å²) in [6.07, 6.45) is 0. The fraction of sp³-hybridized carbons (Fsp3) is 0.133. The molecule has 1 aromatic carbocycles. The van der Waals surface area contributed by atoms with Gasteiger partial charge in [-0.25, -0.2) is 4.79 Å². The molecule has 0 radical (unpaired) electrons. The quantitative estimate of drug-likeness (QED) is 0.880. The number of esters is 1. The Morgan fingerprint density at radius 1 is 1.29 bits per heavy atom. The first kappa shape index (κ1) is 14.8. The summed E-state index contributed by atoms with van der Waals surface area (Å²) in [5.41, 5.74) is 1.88. The van der Waals surface area contributed by atoms with Crippen molar-refractivity contribution in [3.05, 3.63) is 51.7 Å². The van der Waals surface area contributed by atoms with E-state index < -0.39 is 11.9 Å². The zero-order valence-electron chi connectivity index (χ0n) is 11.3. The molecule has 1 aromatic heterocycles. The zero-order valence-corrected chi connectivity index (χ0v) is 12.1. The second-order valence-corrected chi connectivity index (χ2v) is 5.16. The van der Waals surface area contributed by atoms with Gasteiger partial charge < -0.3 is 10.1 Å². The first-order valence-electron chi connectivity index (χ1n) is 6.11. The van der Waals surface area contributed by atoms with Crippen LogP contribution < -0.4 is 5.32 Å². The molecule has 0 aliphatic rings. The van der Waals surface area contributed by atoms with Gasteiger partial charge >= 0.3 is 5.97 Å². The lowest BCUT2D eigenvalue weighted by Crippen LogP contribution is -2.20. The summed E-state index contributed by atoms with van der Waals surface area (Å²) < 4.78 is 4.95. The highest BCUT2D eigenvalue weighted by Crippen LogP contribution is 2.16. The number of carbonyl (C=O) groups excluding carboxylic acids is 2. The van der Waals surface area contributed by atoms with Crippen LogP contribution in [0.15, 0.2) is 35.7 Å². The van der Waals surface area contributed by atoms with Crippen LogP contribution in [0.2, 0.25) is 0 Å². The second kappa shape index (κ2) is 6.68. The molecule has 1 amide bonds. The monoisotopic (exact) mass is 300 g/mol. The Labute approximate surface area is 125 Å². The molecule has 2 rings (SSSR count). The minimum Gasteiger partial charge on any atom is -0.451 e. The van der Waals surface area contributed by atoms with Crippen molar-refractivity contribution < 1.29 is 14.3 Å². The Bertz CT molecular complexity index is 698. The minimum atomic E-state index is -0.502. The van der Waals surface area contributed by atoms with E-state index in [0.29, 0.717) is 16.1 Å². The van der Waals surface area contributed by atoms with E-state index in [1.807, 2.05) is 19.1 Å². The highest BCUT2D eigenvalue weighted by atomic mass is 32.1. The molecule has 0 saturated heterocycles. The van der Waals surface area contributed by atoms with Crippen molar-refractivity contribution in [3.8, 4) is 6.07 Å². The van der Waals surface area contributed by atoms with E-state index >= 15 is 0 Å². The van der Waals surface area contributed by atoms with Gasteiger partial charge in [0.15, 0.2) is 6.61 Å². The lowest BCUT2D eigenvalue weighted by atomic mass is 10.2. The lowest BCUT2D eigenvalue weighted by molar-refractivity contribution is -0.119. The molecule has 0 saturated carbocycles. The number of benzene rings is 1. The van der Waals surface area contributed by atoms with E-state index in [1.54, 1.807) is 29.6 Å². The van der Waals surface area contributed by atoms with Crippen LogP contribution in [0.1, 0.15) is 20.8 Å². The molecular formula is C15H12N2O3S. The fourth-order valence-electron chi connectivity index (χ4n) is 1.60. The normalized spacial score (nSPS) is 9.71. The summed E-state index contributed by atoms with van der Waals surface area (Å²) in [4.78, 5) is 23.9. The number of ether oxygens (including phenoxy) is 1. The predicted octanol–water partition coefficient (Wildman–Crippen LogP) is 2.72. The molecule has 0 aliphatic carbocycles. The largest absolute Gasteiger partial charge is 0.451 e. The molecule has 1 N–H and O–H groups in total. The maximum absolute atomic E-state index is 11.7. The Hall–Kier alpha value is -2.65. The Morgan fingerprint density at radius 3 is 2.57 bits per heavy atom. The number of anilines is 1. The van der Waals surface area contributed by atoms with Crippen molar-refractivity contribution in [2.45, 2.75) is 6.92 Å². The summed E-state index contributed by atoms with van der Waals surface area (Å²) in [5.74, 6) is -0.931. The molecule has 106 valence electrons. The van der Waals surface area contributed by atoms with Gasteiger partial charge in [-0.2, -0.15) is 5.26 Å². The number of carbonyl (C=O) groups is 2. The van der Waals surface area contributed by atoms with Crippen LogP contribution in [0.4, 0.5) is 5.69 Å². The average molecular weight is 300 g/mol. The maximum atomic E-state index is 11.7. The van der Waals surface area contributed by atoms with Gasteiger partial charge in [-0.05, 0) is 48.2 Å². The van der Waals surface area contributed by atoms with Gasteiger partial charge in [-0.1, -0.05) is 0 Å². The third-order valence-corrected chi connectivity index (χ3v) is 3.68. The van der Waals surface area contributed by atoms with E-state index in [4.69, 9.17) is 10.00 Å². The average Bonchev–Trinajstić information content (AvgIpc) is 2.92. The first-order chi connectivity index (χ1) is 10.1. The van der Waals surface area contributed by atoms with E-state index in [0.717, 1.165) is 5.56 Å². The summed E-state index contributed by atoms with van der Waals surface area (Å²) in [5, 5.41) is 13.1. The van der Waals surface area contributed by atoms with Crippen molar-refractivity contribution in [2.24, 2.45) is 0 Å². The van der Waals surface area contributed by atoms with Crippen molar-refractivity contribution in [3.63, 3.8) is 0 Å². The second-order valence-electron chi connectivity index (χ2n) is 4.25. The summed E-state index contributed by atoms with van der Waals surface area (Å²) in [6, 6.07) is 10.2. The van der Waals surface area contributed by atoms with Crippen LogP contribution >= 0.6 is 11.3 Å². The first-order valence-corrected chi connectivity index (χ1v) is 6.99. The van der Waals surface area contributed by atoms with Gasteiger partial charge in [-0.15, -0.1) is 11.3 Å². The third kappa shape index (κ3) is 3.91. The SMILES string of the molecule is Cc1ccsc1C(=O)OCC(=O)Nc1ccc(C#N)cc1.